The van der Waals surface area contributed by atoms with Crippen LogP contribution < -0.4 is 0 Å². The first-order chi connectivity index (χ1) is 6.31. The van der Waals surface area contributed by atoms with Crippen LogP contribution in [0.25, 0.3) is 11.1 Å². The number of fused-ring (bicyclic) bond motifs is 1. The summed E-state index contributed by atoms with van der Waals surface area (Å²) >= 11 is 0. The molecule has 1 aromatic carbocycles. The molecule has 3 nitrogen and oxygen atoms in total. The van der Waals surface area contributed by atoms with Crippen LogP contribution in [-0.4, -0.2) is 10.1 Å². The van der Waals surface area contributed by atoms with Crippen molar-refractivity contribution in [3.05, 3.63) is 48.9 Å². The highest BCUT2D eigenvalue weighted by atomic mass is 16.4. The van der Waals surface area contributed by atoms with E-state index in [1.807, 2.05) is 18.2 Å². The second kappa shape index (κ2) is 3.03. The SMILES string of the molecule is C=C[C](O)c1nc2ccccc2o1. The van der Waals surface area contributed by atoms with Gasteiger partial charge in [0.15, 0.2) is 5.58 Å². The molecule has 1 aromatic heterocycles. The van der Waals surface area contributed by atoms with E-state index in [0.29, 0.717) is 5.58 Å². The van der Waals surface area contributed by atoms with Crippen LogP contribution in [-0.2, 0) is 0 Å². The Morgan fingerprint density at radius 1 is 1.46 bits per heavy atom. The van der Waals surface area contributed by atoms with Gasteiger partial charge in [0.1, 0.15) is 5.52 Å². The van der Waals surface area contributed by atoms with Crippen LogP contribution in [0.3, 0.4) is 0 Å². The van der Waals surface area contributed by atoms with Crippen molar-refractivity contribution in [1.29, 1.82) is 0 Å². The Morgan fingerprint density at radius 3 is 2.92 bits per heavy atom. The molecule has 13 heavy (non-hydrogen) atoms. The topological polar surface area (TPSA) is 46.3 Å². The normalized spacial score (nSPS) is 10.9. The predicted octanol–water partition coefficient (Wildman–Crippen LogP) is 2.27. The molecule has 0 fully saturated rings. The lowest BCUT2D eigenvalue weighted by Gasteiger charge is -1.93. The van der Waals surface area contributed by atoms with Crippen LogP contribution in [0.5, 0.6) is 0 Å². The number of benzene rings is 1. The van der Waals surface area contributed by atoms with Crippen molar-refractivity contribution in [2.75, 3.05) is 0 Å². The van der Waals surface area contributed by atoms with Crippen molar-refractivity contribution in [3.63, 3.8) is 0 Å². The van der Waals surface area contributed by atoms with Crippen molar-refractivity contribution in [2.24, 2.45) is 0 Å². The fraction of sp³-hybridized carbons (Fsp3) is 0. The summed E-state index contributed by atoms with van der Waals surface area (Å²) in [6.07, 6.45) is 1.25. The maximum atomic E-state index is 9.27. The highest BCUT2D eigenvalue weighted by molar-refractivity contribution is 5.72. The molecule has 0 atom stereocenters. The predicted molar refractivity (Wildman–Crippen MR) is 48.5 cm³/mol. The number of aromatic nitrogens is 1. The number of oxazole rings is 1. The van der Waals surface area contributed by atoms with Crippen molar-refractivity contribution < 1.29 is 9.52 Å². The fourth-order valence-corrected chi connectivity index (χ4v) is 1.07. The Bertz CT molecular complexity index is 400. The summed E-state index contributed by atoms with van der Waals surface area (Å²) in [4.78, 5) is 4.06. The molecule has 2 rings (SSSR count). The van der Waals surface area contributed by atoms with Gasteiger partial charge in [-0.1, -0.05) is 18.7 Å². The zero-order chi connectivity index (χ0) is 9.26. The Balaban J connectivity index is 2.55. The lowest BCUT2D eigenvalue weighted by molar-refractivity contribution is 0.323. The van der Waals surface area contributed by atoms with Crippen LogP contribution in [0.4, 0.5) is 0 Å². The smallest absolute Gasteiger partial charge is 0.235 e. The summed E-state index contributed by atoms with van der Waals surface area (Å²) in [5.41, 5.74) is 1.39. The molecule has 0 aliphatic heterocycles. The van der Waals surface area contributed by atoms with Crippen LogP contribution >= 0.6 is 0 Å². The monoisotopic (exact) mass is 174 g/mol. The lowest BCUT2D eigenvalue weighted by atomic mass is 10.3. The van der Waals surface area contributed by atoms with Gasteiger partial charge in [-0.15, -0.1) is 0 Å². The van der Waals surface area contributed by atoms with Gasteiger partial charge in [0.25, 0.3) is 0 Å². The van der Waals surface area contributed by atoms with Crippen molar-refractivity contribution >= 4 is 11.1 Å². The second-order valence-electron chi connectivity index (χ2n) is 2.58. The zero-order valence-electron chi connectivity index (χ0n) is 6.90. The third-order valence-corrected chi connectivity index (χ3v) is 1.71. The van der Waals surface area contributed by atoms with E-state index in [-0.39, 0.29) is 12.0 Å². The molecule has 3 heteroatoms. The van der Waals surface area contributed by atoms with E-state index in [1.165, 1.54) is 6.08 Å². The van der Waals surface area contributed by atoms with Gasteiger partial charge in [0, 0.05) is 0 Å². The molecule has 0 saturated carbocycles. The number of aliphatic hydroxyl groups is 1. The molecule has 1 N–H and O–H groups in total. The summed E-state index contributed by atoms with van der Waals surface area (Å²) in [6, 6.07) is 7.32. The number of rotatable bonds is 2. The first-order valence-corrected chi connectivity index (χ1v) is 3.85. The minimum absolute atomic E-state index is 0.0452. The van der Waals surface area contributed by atoms with E-state index in [1.54, 1.807) is 6.07 Å². The number of hydrogen-bond acceptors (Lipinski definition) is 3. The first kappa shape index (κ1) is 8.01. The zero-order valence-corrected chi connectivity index (χ0v) is 6.90. The van der Waals surface area contributed by atoms with Gasteiger partial charge in [-0.25, -0.2) is 4.98 Å². The third-order valence-electron chi connectivity index (χ3n) is 1.71. The van der Waals surface area contributed by atoms with E-state index >= 15 is 0 Å². The number of para-hydroxylation sites is 2. The highest BCUT2D eigenvalue weighted by Crippen LogP contribution is 2.19. The molecule has 0 aliphatic carbocycles. The average Bonchev–Trinajstić information content (AvgIpc) is 2.59. The van der Waals surface area contributed by atoms with E-state index in [0.717, 1.165) is 5.52 Å². The Morgan fingerprint density at radius 2 is 2.23 bits per heavy atom. The molecule has 0 bridgehead atoms. The van der Waals surface area contributed by atoms with Gasteiger partial charge in [0.2, 0.25) is 12.0 Å². The van der Waals surface area contributed by atoms with Gasteiger partial charge in [0.05, 0.1) is 0 Å². The number of nitrogens with zero attached hydrogens (tertiary/aromatic N) is 1. The maximum Gasteiger partial charge on any atom is 0.235 e. The highest BCUT2D eigenvalue weighted by Gasteiger charge is 2.12. The minimum atomic E-state index is -0.0452. The summed E-state index contributed by atoms with van der Waals surface area (Å²) in [5.74, 6) is 0.205. The lowest BCUT2D eigenvalue weighted by Crippen LogP contribution is -1.92. The Hall–Kier alpha value is -1.61. The fourth-order valence-electron chi connectivity index (χ4n) is 1.07. The van der Waals surface area contributed by atoms with E-state index in [2.05, 4.69) is 11.6 Å². The largest absolute Gasteiger partial charge is 0.437 e. The van der Waals surface area contributed by atoms with Gasteiger partial charge >= 0.3 is 0 Å². The molecular formula is C10H8NO2. The van der Waals surface area contributed by atoms with Gasteiger partial charge < -0.3 is 9.52 Å². The summed E-state index contributed by atoms with van der Waals surface area (Å²) < 4.78 is 5.25. The first-order valence-electron chi connectivity index (χ1n) is 3.85. The molecule has 2 aromatic rings. The molecule has 1 heterocycles. The van der Waals surface area contributed by atoms with Gasteiger partial charge in [-0.2, -0.15) is 0 Å². The van der Waals surface area contributed by atoms with Crippen molar-refractivity contribution in [1.82, 2.24) is 4.98 Å². The maximum absolute atomic E-state index is 9.27. The molecule has 1 radical (unpaired) electrons. The van der Waals surface area contributed by atoms with Gasteiger partial charge in [-0.05, 0) is 18.2 Å². The molecule has 0 spiro atoms. The average molecular weight is 174 g/mol. The Labute approximate surface area is 75.3 Å². The Kier molecular flexibility index (Phi) is 1.87. The standard InChI is InChI=1S/C10H8NO2/c1-2-8(12)10-11-7-5-3-4-6-9(7)13-10/h2-6,12H,1H2. The van der Waals surface area contributed by atoms with E-state index in [4.69, 9.17) is 4.42 Å². The third kappa shape index (κ3) is 1.34. The molecule has 0 amide bonds. The number of hydrogen-bond donors (Lipinski definition) is 1. The molecule has 0 aliphatic rings. The molecule has 0 unspecified atom stereocenters. The minimum Gasteiger partial charge on any atom is -0.437 e. The molecular weight excluding hydrogens is 166 g/mol. The van der Waals surface area contributed by atoms with Crippen LogP contribution in [0.1, 0.15) is 5.89 Å². The number of aliphatic hydroxyl groups excluding tert-OH is 1. The van der Waals surface area contributed by atoms with Crippen molar-refractivity contribution in [3.8, 4) is 0 Å². The molecule has 0 saturated heterocycles. The van der Waals surface area contributed by atoms with Crippen molar-refractivity contribution in [2.45, 2.75) is 0 Å². The summed E-state index contributed by atoms with van der Waals surface area (Å²) in [7, 11) is 0. The van der Waals surface area contributed by atoms with E-state index in [9.17, 15) is 5.11 Å². The molecule has 65 valence electrons. The summed E-state index contributed by atoms with van der Waals surface area (Å²) in [6.45, 7) is 3.42. The quantitative estimate of drug-likeness (QED) is 0.759. The van der Waals surface area contributed by atoms with Crippen LogP contribution in [0.15, 0.2) is 41.3 Å². The van der Waals surface area contributed by atoms with E-state index < -0.39 is 0 Å². The van der Waals surface area contributed by atoms with Gasteiger partial charge in [-0.3, -0.25) is 0 Å². The van der Waals surface area contributed by atoms with Crippen LogP contribution in [0, 0.1) is 6.10 Å². The van der Waals surface area contributed by atoms with Crippen LogP contribution in [0.2, 0.25) is 0 Å². The summed E-state index contributed by atoms with van der Waals surface area (Å²) in [5, 5.41) is 9.27. The second-order valence-corrected chi connectivity index (χ2v) is 2.58.